The minimum atomic E-state index is -0.833. The van der Waals surface area contributed by atoms with Crippen molar-refractivity contribution in [3.63, 3.8) is 0 Å². The number of benzene rings is 1. The molecule has 242 valence electrons. The Morgan fingerprint density at radius 3 is 1.11 bits per heavy atom. The summed E-state index contributed by atoms with van der Waals surface area (Å²) in [7, 11) is 0. The molecule has 44 heavy (non-hydrogen) atoms. The number of nitrogens with zero attached hydrogens (tertiary/aromatic N) is 4. The molecule has 0 bridgehead atoms. The molecule has 0 unspecified atom stereocenters. The average molecular weight is 841 g/mol. The average Bonchev–Trinajstić information content (AvgIpc) is 2.83. The molecule has 1 aromatic rings. The number of thiocarbonyl (C=S) groups is 4. The van der Waals surface area contributed by atoms with E-state index in [4.69, 9.17) is 67.0 Å². The molecule has 8 N–H and O–H groups in total. The standard InChI is InChI=1S/C11H19N3.4C2H4O2.4CNS.Eu.Na/c12-6-7-13-8-9-14-10-11-4-2-1-3-5-11;4*1-2(3)4;4*2-1-3;;/h1-5,13-14H,6-10,12H2;4*1H3,(H,3,4);;;;;;/q;;;;;4*-1;+3;+1. The number of nitrogens with one attached hydrogen (secondary N) is 2. The number of aliphatic carboxylic acids is 4. The van der Waals surface area contributed by atoms with Gasteiger partial charge in [-0.3, -0.25) is 19.2 Å². The van der Waals surface area contributed by atoms with Crippen molar-refractivity contribution in [2.45, 2.75) is 34.2 Å². The normalized spacial score (nSPS) is 6.30. The van der Waals surface area contributed by atoms with Gasteiger partial charge in [0, 0.05) is 60.4 Å². The first-order chi connectivity index (χ1) is 19.5. The van der Waals surface area contributed by atoms with Gasteiger partial charge in [-0.05, 0) is 5.56 Å². The van der Waals surface area contributed by atoms with E-state index in [9.17, 15) is 0 Å². The van der Waals surface area contributed by atoms with Gasteiger partial charge in [-0.1, -0.05) is 79.2 Å². The molecule has 0 aromatic heterocycles. The van der Waals surface area contributed by atoms with Gasteiger partial charge >= 0.3 is 78.9 Å². The summed E-state index contributed by atoms with van der Waals surface area (Å²) >= 11 is 14.8. The number of rotatable bonds is 7. The van der Waals surface area contributed by atoms with E-state index in [1.165, 1.54) is 26.2 Å². The quantitative estimate of drug-likeness (QED) is 0.0843. The zero-order valence-corrected chi connectivity index (χ0v) is 32.4. The molecule has 1 aromatic carbocycles. The Morgan fingerprint density at radius 2 is 0.886 bits per heavy atom. The van der Waals surface area contributed by atoms with Crippen LogP contribution in [0.4, 0.5) is 0 Å². The van der Waals surface area contributed by atoms with Gasteiger partial charge in [0.2, 0.25) is 0 Å². The van der Waals surface area contributed by atoms with E-state index in [-0.39, 0.29) is 78.9 Å². The maximum Gasteiger partial charge on any atom is 3.00 e. The summed E-state index contributed by atoms with van der Waals surface area (Å²) in [5.74, 6) is -3.33. The maximum atomic E-state index is 9.00. The van der Waals surface area contributed by atoms with Gasteiger partial charge in [0.25, 0.3) is 23.9 Å². The second kappa shape index (κ2) is 78.3. The van der Waals surface area contributed by atoms with Crippen LogP contribution in [0.3, 0.4) is 0 Å². The first kappa shape index (κ1) is 69.5. The third-order valence-corrected chi connectivity index (χ3v) is 1.97. The van der Waals surface area contributed by atoms with Gasteiger partial charge in [-0.15, -0.1) is 0 Å². The van der Waals surface area contributed by atoms with Crippen molar-refractivity contribution in [3.8, 4) is 0 Å². The summed E-state index contributed by atoms with van der Waals surface area (Å²) in [5, 5.41) is 70.1. The van der Waals surface area contributed by atoms with E-state index < -0.39 is 23.9 Å². The third kappa shape index (κ3) is 296. The van der Waals surface area contributed by atoms with E-state index >= 15 is 0 Å². The van der Waals surface area contributed by atoms with E-state index in [1.807, 2.05) is 6.07 Å². The van der Waals surface area contributed by atoms with Gasteiger partial charge < -0.3 is 58.4 Å². The summed E-state index contributed by atoms with van der Waals surface area (Å²) in [6.07, 6.45) is 0. The maximum absolute atomic E-state index is 9.00. The van der Waals surface area contributed by atoms with Crippen molar-refractivity contribution in [1.29, 1.82) is 0 Å². The van der Waals surface area contributed by atoms with Crippen molar-refractivity contribution >= 4 is 93.4 Å². The van der Waals surface area contributed by atoms with Crippen LogP contribution in [0.2, 0.25) is 0 Å². The van der Waals surface area contributed by atoms with Gasteiger partial charge in [0.15, 0.2) is 0 Å². The van der Waals surface area contributed by atoms with E-state index in [0.29, 0.717) is 6.54 Å². The van der Waals surface area contributed by atoms with Crippen LogP contribution >= 0.6 is 48.9 Å². The zero-order valence-electron chi connectivity index (χ0n) is 24.7. The molecule has 0 heterocycles. The topological polar surface area (TPSA) is 288 Å². The Balaban J connectivity index is -0.0000000409. The molecule has 0 aliphatic heterocycles. The van der Waals surface area contributed by atoms with Crippen molar-refractivity contribution in [3.05, 3.63) is 57.5 Å². The van der Waals surface area contributed by atoms with Crippen molar-refractivity contribution in [2.75, 3.05) is 26.2 Å². The van der Waals surface area contributed by atoms with Gasteiger partial charge in [-0.2, -0.15) is 20.6 Å². The minimum absolute atomic E-state index is 0. The Labute approximate surface area is 342 Å². The number of hydrogen-bond donors (Lipinski definition) is 7. The van der Waals surface area contributed by atoms with Crippen molar-refractivity contribution in [2.24, 2.45) is 5.73 Å². The fourth-order valence-corrected chi connectivity index (χ4v) is 1.23. The van der Waals surface area contributed by atoms with Crippen LogP contribution in [0.15, 0.2) is 30.3 Å². The van der Waals surface area contributed by atoms with E-state index in [1.54, 1.807) is 0 Å². The Morgan fingerprint density at radius 1 is 0.659 bits per heavy atom. The summed E-state index contributed by atoms with van der Waals surface area (Å²) < 4.78 is 0. The molecule has 21 heteroatoms. The molecule has 0 aliphatic carbocycles. The molecule has 0 aliphatic rings. The number of nitrogens with two attached hydrogens (primary N) is 1. The first-order valence-corrected chi connectivity index (χ1v) is 12.1. The van der Waals surface area contributed by atoms with Gasteiger partial charge in [0.1, 0.15) is 0 Å². The molecule has 1 rings (SSSR count). The van der Waals surface area contributed by atoms with Crippen LogP contribution in [-0.4, -0.2) is 91.1 Å². The first-order valence-electron chi connectivity index (χ1n) is 10.5. The SMILES string of the molecule is CC(=O)O.CC(=O)O.CC(=O)O.CC(=O)O.NCCNCCNCc1ccccc1.[Eu+3].[N-]=C=S.[N-]=C=S.[N-]=C=S.[N-]=C=S.[Na+]. The number of carboxylic acid groups (broad SMARTS) is 4. The van der Waals surface area contributed by atoms with E-state index in [2.05, 4.69) is 83.8 Å². The monoisotopic (exact) mass is 841 g/mol. The van der Waals surface area contributed by atoms with Crippen LogP contribution in [-0.2, 0) is 25.7 Å². The predicted molar refractivity (Wildman–Crippen MR) is 177 cm³/mol. The zero-order chi connectivity index (χ0) is 35.2. The fraction of sp³-hybridized carbons (Fsp3) is 0.391. The molecule has 0 spiro atoms. The molecule has 0 amide bonds. The molecular weight excluding hydrogens is 806 g/mol. The Kier molecular flexibility index (Phi) is 124. The van der Waals surface area contributed by atoms with Crippen LogP contribution in [0.1, 0.15) is 33.3 Å². The van der Waals surface area contributed by atoms with Crippen LogP contribution in [0, 0.1) is 49.4 Å². The number of hydrogen-bond acceptors (Lipinski definition) is 11. The smallest absolute Gasteiger partial charge is 0.753 e. The summed E-state index contributed by atoms with van der Waals surface area (Å²) in [5.41, 5.74) is 6.68. The van der Waals surface area contributed by atoms with Crippen molar-refractivity contribution in [1.82, 2.24) is 10.6 Å². The Bertz CT molecular complexity index is 803. The molecule has 15 nitrogen and oxygen atoms in total. The summed E-state index contributed by atoms with van der Waals surface area (Å²) in [6.45, 7) is 8.83. The third-order valence-electron chi connectivity index (χ3n) is 1.97. The Hall–Kier alpha value is -1.24. The van der Waals surface area contributed by atoms with Crippen LogP contribution in [0.5, 0.6) is 0 Å². The summed E-state index contributed by atoms with van der Waals surface area (Å²) in [4.78, 5) is 36.0. The van der Waals surface area contributed by atoms with Crippen LogP contribution < -0.4 is 45.9 Å². The number of carboxylic acids is 4. The molecule has 0 saturated carbocycles. The second-order valence-electron chi connectivity index (χ2n) is 5.64. The molecule has 0 atom stereocenters. The minimum Gasteiger partial charge on any atom is -0.753 e. The summed E-state index contributed by atoms with van der Waals surface area (Å²) in [6, 6.07) is 10.4. The van der Waals surface area contributed by atoms with Gasteiger partial charge in [0.05, 0.1) is 0 Å². The number of carbonyl (C=O) groups is 4. The van der Waals surface area contributed by atoms with Crippen LogP contribution in [0.25, 0.3) is 21.6 Å². The molecule has 0 radical (unpaired) electrons. The predicted octanol–water partition coefficient (Wildman–Crippen LogP) is 0.327. The van der Waals surface area contributed by atoms with Crippen molar-refractivity contribution < 1.29 is 119 Å². The second-order valence-corrected chi connectivity index (χ2v) is 6.37. The van der Waals surface area contributed by atoms with Gasteiger partial charge in [-0.25, -0.2) is 0 Å². The molecule has 0 fully saturated rings. The number of isothiocyanates is 4. The molecule has 0 saturated heterocycles. The van der Waals surface area contributed by atoms with E-state index in [0.717, 1.165) is 53.9 Å². The fourth-order valence-electron chi connectivity index (χ4n) is 1.23. The largest absolute Gasteiger partial charge is 3.00 e. The molecular formula is C23H35EuN7NaO8S4.